The van der Waals surface area contributed by atoms with Gasteiger partial charge in [-0.3, -0.25) is 4.79 Å². The number of hydrogen-bond donors (Lipinski definition) is 0. The lowest BCUT2D eigenvalue weighted by Crippen LogP contribution is -2.37. The first-order valence-corrected chi connectivity index (χ1v) is 5.78. The fourth-order valence-electron chi connectivity index (χ4n) is 2.86. The van der Waals surface area contributed by atoms with E-state index in [-0.39, 0.29) is 5.92 Å². The van der Waals surface area contributed by atoms with E-state index in [4.69, 9.17) is 0 Å². The van der Waals surface area contributed by atoms with Crippen LogP contribution in [0, 0.1) is 5.92 Å². The van der Waals surface area contributed by atoms with Crippen molar-refractivity contribution in [1.82, 2.24) is 4.90 Å². The van der Waals surface area contributed by atoms with Crippen molar-refractivity contribution in [3.63, 3.8) is 0 Å². The van der Waals surface area contributed by atoms with Gasteiger partial charge >= 0.3 is 0 Å². The zero-order valence-corrected chi connectivity index (χ0v) is 9.23. The Labute approximate surface area is 95.6 Å². The molecule has 1 aromatic carbocycles. The Morgan fingerprint density at radius 3 is 2.75 bits per heavy atom. The summed E-state index contributed by atoms with van der Waals surface area (Å²) in [6.45, 7) is 4.81. The molecule has 0 aromatic heterocycles. The Hall–Kier alpha value is -1.57. The molecule has 1 amide bonds. The highest BCUT2D eigenvalue weighted by Gasteiger charge is 2.46. The molecule has 1 saturated heterocycles. The first-order chi connectivity index (χ1) is 7.75. The molecule has 16 heavy (non-hydrogen) atoms. The van der Waals surface area contributed by atoms with Gasteiger partial charge in [0.1, 0.15) is 0 Å². The topological polar surface area (TPSA) is 20.3 Å². The molecular weight excluding hydrogens is 198 g/mol. The van der Waals surface area contributed by atoms with Gasteiger partial charge in [0.25, 0.3) is 0 Å². The van der Waals surface area contributed by atoms with E-state index in [1.807, 2.05) is 23.1 Å². The van der Waals surface area contributed by atoms with Crippen LogP contribution in [0.25, 0.3) is 0 Å². The van der Waals surface area contributed by atoms with Gasteiger partial charge in [-0.15, -0.1) is 0 Å². The Balaban J connectivity index is 1.81. The molecule has 2 fully saturated rings. The second kappa shape index (κ2) is 3.48. The first kappa shape index (κ1) is 9.64. The first-order valence-electron chi connectivity index (χ1n) is 5.78. The second-order valence-electron chi connectivity index (χ2n) is 4.76. The molecular formula is C14H15NO. The van der Waals surface area contributed by atoms with Crippen molar-refractivity contribution in [2.75, 3.05) is 0 Å². The van der Waals surface area contributed by atoms with Gasteiger partial charge in [0, 0.05) is 12.5 Å². The van der Waals surface area contributed by atoms with Gasteiger partial charge in [0.2, 0.25) is 5.91 Å². The van der Waals surface area contributed by atoms with Crippen LogP contribution < -0.4 is 0 Å². The van der Waals surface area contributed by atoms with Gasteiger partial charge < -0.3 is 4.90 Å². The van der Waals surface area contributed by atoms with Gasteiger partial charge in [-0.25, -0.2) is 0 Å². The monoisotopic (exact) mass is 213 g/mol. The third-order valence-electron chi connectivity index (χ3n) is 3.69. The van der Waals surface area contributed by atoms with Crippen LogP contribution in [0.15, 0.2) is 42.5 Å². The van der Waals surface area contributed by atoms with E-state index in [1.54, 1.807) is 0 Å². The van der Waals surface area contributed by atoms with Gasteiger partial charge in [-0.1, -0.05) is 42.5 Å². The molecule has 1 aliphatic carbocycles. The zero-order valence-electron chi connectivity index (χ0n) is 9.23. The predicted octanol–water partition coefficient (Wildman–Crippen LogP) is 2.36. The van der Waals surface area contributed by atoms with Gasteiger partial charge in [0.05, 0.1) is 6.04 Å². The number of benzene rings is 1. The number of likely N-dealkylation sites (tertiary alicyclic amines) is 1. The van der Waals surface area contributed by atoms with Crippen molar-refractivity contribution >= 4 is 5.91 Å². The van der Waals surface area contributed by atoms with Crippen LogP contribution in [0.3, 0.4) is 0 Å². The van der Waals surface area contributed by atoms with Crippen LogP contribution in [0.2, 0.25) is 0 Å². The smallest absolute Gasteiger partial charge is 0.226 e. The van der Waals surface area contributed by atoms with Crippen LogP contribution in [-0.2, 0) is 11.3 Å². The number of nitrogens with zero attached hydrogens (tertiary/aromatic N) is 1. The van der Waals surface area contributed by atoms with Crippen LogP contribution in [0.1, 0.15) is 18.4 Å². The van der Waals surface area contributed by atoms with Crippen molar-refractivity contribution in [3.05, 3.63) is 48.0 Å². The molecule has 2 atom stereocenters. The summed E-state index contributed by atoms with van der Waals surface area (Å²) < 4.78 is 0. The standard InChI is InChI=1S/C14H15NO/c1-10-7-12-8-13(10)15(14(12)16)9-11-5-3-2-4-6-11/h2-6,12-13H,1,7-9H2/t12-,13-/m0/s1. The summed E-state index contributed by atoms with van der Waals surface area (Å²) in [4.78, 5) is 14.0. The summed E-state index contributed by atoms with van der Waals surface area (Å²) in [7, 11) is 0. The average molecular weight is 213 g/mol. The SMILES string of the molecule is C=C1C[C@H]2C[C@@H]1N(Cc1ccccc1)C2=O. The second-order valence-corrected chi connectivity index (χ2v) is 4.76. The molecule has 1 heterocycles. The minimum Gasteiger partial charge on any atom is -0.331 e. The van der Waals surface area contributed by atoms with E-state index < -0.39 is 0 Å². The van der Waals surface area contributed by atoms with Gasteiger partial charge in [-0.2, -0.15) is 0 Å². The van der Waals surface area contributed by atoms with E-state index in [1.165, 1.54) is 11.1 Å². The molecule has 82 valence electrons. The molecule has 0 unspecified atom stereocenters. The molecule has 2 aliphatic rings. The van der Waals surface area contributed by atoms with Gasteiger partial charge in [-0.05, 0) is 18.4 Å². The molecule has 1 aromatic rings. The number of amides is 1. The average Bonchev–Trinajstić information content (AvgIpc) is 2.80. The molecule has 2 bridgehead atoms. The number of piperidine rings is 1. The Morgan fingerprint density at radius 2 is 2.06 bits per heavy atom. The van der Waals surface area contributed by atoms with Crippen molar-refractivity contribution in [1.29, 1.82) is 0 Å². The maximum absolute atomic E-state index is 12.0. The number of carbonyl (C=O) groups excluding carboxylic acids is 1. The Kier molecular flexibility index (Phi) is 2.10. The third kappa shape index (κ3) is 1.37. The van der Waals surface area contributed by atoms with Crippen molar-refractivity contribution < 1.29 is 4.79 Å². The van der Waals surface area contributed by atoms with Crippen molar-refractivity contribution in [2.24, 2.45) is 5.92 Å². The Bertz CT molecular complexity index is 437. The molecule has 2 heteroatoms. The van der Waals surface area contributed by atoms with Crippen LogP contribution >= 0.6 is 0 Å². The van der Waals surface area contributed by atoms with Gasteiger partial charge in [0.15, 0.2) is 0 Å². The number of carbonyl (C=O) groups is 1. The lowest BCUT2D eigenvalue weighted by Gasteiger charge is -2.28. The highest BCUT2D eigenvalue weighted by molar-refractivity contribution is 5.84. The van der Waals surface area contributed by atoms with Crippen molar-refractivity contribution in [3.8, 4) is 0 Å². The van der Waals surface area contributed by atoms with E-state index >= 15 is 0 Å². The molecule has 0 spiro atoms. The maximum atomic E-state index is 12.0. The minimum absolute atomic E-state index is 0.223. The quantitative estimate of drug-likeness (QED) is 0.691. The number of fused-ring (bicyclic) bond motifs is 2. The minimum atomic E-state index is 0.223. The van der Waals surface area contributed by atoms with E-state index in [2.05, 4.69) is 18.7 Å². The van der Waals surface area contributed by atoms with Crippen LogP contribution in [0.4, 0.5) is 0 Å². The lowest BCUT2D eigenvalue weighted by molar-refractivity contribution is -0.133. The zero-order chi connectivity index (χ0) is 11.1. The molecule has 1 aliphatic heterocycles. The number of hydrogen-bond acceptors (Lipinski definition) is 1. The fourth-order valence-corrected chi connectivity index (χ4v) is 2.86. The summed E-state index contributed by atoms with van der Waals surface area (Å²) in [6, 6.07) is 10.5. The Morgan fingerprint density at radius 1 is 1.31 bits per heavy atom. The molecule has 0 radical (unpaired) electrons. The lowest BCUT2D eigenvalue weighted by atomic mass is 10.0. The highest BCUT2D eigenvalue weighted by atomic mass is 16.2. The van der Waals surface area contributed by atoms with Crippen LogP contribution in [-0.4, -0.2) is 16.8 Å². The largest absolute Gasteiger partial charge is 0.331 e. The summed E-state index contributed by atoms with van der Waals surface area (Å²) >= 11 is 0. The highest BCUT2D eigenvalue weighted by Crippen LogP contribution is 2.42. The molecule has 1 saturated carbocycles. The van der Waals surface area contributed by atoms with Crippen LogP contribution in [0.5, 0.6) is 0 Å². The summed E-state index contributed by atoms with van der Waals surface area (Å²) in [5.74, 6) is 0.544. The van der Waals surface area contributed by atoms with E-state index in [9.17, 15) is 4.79 Å². The molecule has 0 N–H and O–H groups in total. The predicted molar refractivity (Wildman–Crippen MR) is 62.6 cm³/mol. The summed E-state index contributed by atoms with van der Waals surface area (Å²) in [5, 5.41) is 0. The fraction of sp³-hybridized carbons (Fsp3) is 0.357. The summed E-state index contributed by atoms with van der Waals surface area (Å²) in [6.07, 6.45) is 1.90. The maximum Gasteiger partial charge on any atom is 0.226 e. The van der Waals surface area contributed by atoms with E-state index in [0.717, 1.165) is 19.4 Å². The van der Waals surface area contributed by atoms with Crippen molar-refractivity contribution in [2.45, 2.75) is 25.4 Å². The van der Waals surface area contributed by atoms with E-state index in [0.29, 0.717) is 11.9 Å². The number of rotatable bonds is 2. The third-order valence-corrected chi connectivity index (χ3v) is 3.69. The normalized spacial score (nSPS) is 27.9. The molecule has 2 nitrogen and oxygen atoms in total. The molecule has 3 rings (SSSR count). The summed E-state index contributed by atoms with van der Waals surface area (Å²) in [5.41, 5.74) is 2.44.